The average Bonchev–Trinajstić information content (AvgIpc) is 1.88. The van der Waals surface area contributed by atoms with E-state index in [9.17, 15) is 9.18 Å². The number of hydrogen-bond donors (Lipinski definition) is 1. The molecular weight excluding hydrogens is 137 g/mol. The number of hydrogen-bond acceptors (Lipinski definition) is 2. The fourth-order valence-corrected chi connectivity index (χ4v) is 0.345. The first kappa shape index (κ1) is 8.55. The van der Waals surface area contributed by atoms with Crippen molar-refractivity contribution in [3.8, 4) is 0 Å². The van der Waals surface area contributed by atoms with Gasteiger partial charge in [0.15, 0.2) is 0 Å². The van der Waals surface area contributed by atoms with Crippen molar-refractivity contribution in [2.45, 2.75) is 0 Å². The summed E-state index contributed by atoms with van der Waals surface area (Å²) < 4.78 is 12.2. The van der Waals surface area contributed by atoms with Crippen LogP contribution in [0.2, 0.25) is 0 Å². The lowest BCUT2D eigenvalue weighted by molar-refractivity contribution is -0.132. The van der Waals surface area contributed by atoms with Gasteiger partial charge in [-0.3, -0.25) is 0 Å². The summed E-state index contributed by atoms with van der Waals surface area (Å²) >= 11 is 0. The van der Waals surface area contributed by atoms with Gasteiger partial charge in [0.05, 0.1) is 0 Å². The van der Waals surface area contributed by atoms with Crippen LogP contribution in [0.4, 0.5) is 4.39 Å². The fourth-order valence-electron chi connectivity index (χ4n) is 0.345. The number of aliphatic carboxylic acids is 1. The van der Waals surface area contributed by atoms with Crippen molar-refractivity contribution < 1.29 is 14.3 Å². The molecule has 0 fully saturated rings. The summed E-state index contributed by atoms with van der Waals surface area (Å²) in [4.78, 5) is 12.9. The number of carboxylic acids is 1. The standard InChI is InChI=1S/C6H6FNO2/c1-3-4(6(9)10)5(7)8-2/h3H,1-2H2,(H,9,10)/b5-4+. The van der Waals surface area contributed by atoms with Gasteiger partial charge in [0.25, 0.3) is 0 Å². The third kappa shape index (κ3) is 1.81. The molecule has 0 aliphatic rings. The Morgan fingerprint density at radius 3 is 2.30 bits per heavy atom. The van der Waals surface area contributed by atoms with Crippen molar-refractivity contribution in [1.29, 1.82) is 0 Å². The molecule has 0 unspecified atom stereocenters. The van der Waals surface area contributed by atoms with E-state index in [4.69, 9.17) is 5.11 Å². The molecule has 0 aromatic carbocycles. The highest BCUT2D eigenvalue weighted by atomic mass is 19.1. The number of carbonyl (C=O) groups is 1. The highest BCUT2D eigenvalue weighted by Gasteiger charge is 2.08. The molecule has 0 amide bonds. The molecule has 0 saturated heterocycles. The maximum Gasteiger partial charge on any atom is 0.340 e. The van der Waals surface area contributed by atoms with E-state index < -0.39 is 17.5 Å². The van der Waals surface area contributed by atoms with Crippen molar-refractivity contribution in [2.75, 3.05) is 0 Å². The molecule has 4 heteroatoms. The van der Waals surface area contributed by atoms with Crippen LogP contribution in [-0.2, 0) is 4.79 Å². The topological polar surface area (TPSA) is 49.7 Å². The van der Waals surface area contributed by atoms with Gasteiger partial charge in [0.2, 0.25) is 5.95 Å². The van der Waals surface area contributed by atoms with Gasteiger partial charge in [-0.2, -0.15) is 4.39 Å². The molecule has 0 heterocycles. The SMILES string of the molecule is C=C/C(C(=O)O)=C(/F)N=C. The smallest absolute Gasteiger partial charge is 0.340 e. The summed E-state index contributed by atoms with van der Waals surface area (Å²) in [6, 6.07) is 0. The monoisotopic (exact) mass is 143 g/mol. The fraction of sp³-hybridized carbons (Fsp3) is 0. The van der Waals surface area contributed by atoms with E-state index in [-0.39, 0.29) is 0 Å². The molecular formula is C6H6FNO2. The molecule has 0 aromatic heterocycles. The highest BCUT2D eigenvalue weighted by molar-refractivity contribution is 5.90. The van der Waals surface area contributed by atoms with Crippen molar-refractivity contribution in [1.82, 2.24) is 0 Å². The normalized spacial score (nSPS) is 11.7. The minimum absolute atomic E-state index is 0.574. The van der Waals surface area contributed by atoms with Crippen molar-refractivity contribution in [3.05, 3.63) is 24.2 Å². The van der Waals surface area contributed by atoms with Crippen LogP contribution >= 0.6 is 0 Å². The minimum Gasteiger partial charge on any atom is -0.478 e. The Labute approximate surface area is 57.2 Å². The number of carboxylic acid groups (broad SMARTS) is 1. The van der Waals surface area contributed by atoms with Crippen molar-refractivity contribution in [3.63, 3.8) is 0 Å². The van der Waals surface area contributed by atoms with E-state index in [0.29, 0.717) is 0 Å². The lowest BCUT2D eigenvalue weighted by Crippen LogP contribution is -1.98. The molecule has 0 radical (unpaired) electrons. The molecule has 0 aliphatic carbocycles. The maximum atomic E-state index is 12.2. The Morgan fingerprint density at radius 1 is 1.70 bits per heavy atom. The maximum absolute atomic E-state index is 12.2. The second kappa shape index (κ2) is 3.55. The van der Waals surface area contributed by atoms with Gasteiger partial charge >= 0.3 is 5.97 Å². The lowest BCUT2D eigenvalue weighted by atomic mass is 10.3. The minimum atomic E-state index is -1.40. The molecule has 3 nitrogen and oxygen atoms in total. The first-order valence-electron chi connectivity index (χ1n) is 2.35. The molecule has 10 heavy (non-hydrogen) atoms. The summed E-state index contributed by atoms with van der Waals surface area (Å²) in [6.07, 6.45) is 0.867. The quantitative estimate of drug-likeness (QED) is 0.278. The lowest BCUT2D eigenvalue weighted by Gasteiger charge is -1.91. The highest BCUT2D eigenvalue weighted by Crippen LogP contribution is 2.07. The third-order valence-electron chi connectivity index (χ3n) is 0.796. The molecule has 0 aliphatic heterocycles. The Balaban J connectivity index is 4.79. The molecule has 0 atom stereocenters. The first-order valence-corrected chi connectivity index (χ1v) is 2.35. The Kier molecular flexibility index (Phi) is 3.04. The molecule has 0 rings (SSSR count). The van der Waals surface area contributed by atoms with E-state index in [2.05, 4.69) is 18.3 Å². The summed E-state index contributed by atoms with van der Waals surface area (Å²) in [5, 5.41) is 8.22. The predicted molar refractivity (Wildman–Crippen MR) is 35.5 cm³/mol. The summed E-state index contributed by atoms with van der Waals surface area (Å²) in [6.45, 7) is 5.90. The van der Waals surface area contributed by atoms with Crippen LogP contribution in [0.1, 0.15) is 0 Å². The Hall–Kier alpha value is -1.45. The number of rotatable bonds is 3. The summed E-state index contributed by atoms with van der Waals surface area (Å²) in [7, 11) is 0. The van der Waals surface area contributed by atoms with Crippen LogP contribution in [0.25, 0.3) is 0 Å². The van der Waals surface area contributed by atoms with Crippen LogP contribution in [0, 0.1) is 0 Å². The van der Waals surface area contributed by atoms with E-state index in [1.165, 1.54) is 0 Å². The van der Waals surface area contributed by atoms with Crippen LogP contribution in [0.5, 0.6) is 0 Å². The van der Waals surface area contributed by atoms with Crippen LogP contribution in [0.15, 0.2) is 29.2 Å². The molecule has 0 bridgehead atoms. The second-order valence-corrected chi connectivity index (χ2v) is 1.37. The van der Waals surface area contributed by atoms with E-state index in [1.54, 1.807) is 0 Å². The van der Waals surface area contributed by atoms with Gasteiger partial charge in [-0.1, -0.05) is 12.7 Å². The van der Waals surface area contributed by atoms with E-state index in [0.717, 1.165) is 6.08 Å². The Bertz CT molecular complexity index is 208. The largest absolute Gasteiger partial charge is 0.478 e. The molecule has 1 N–H and O–H groups in total. The van der Waals surface area contributed by atoms with Gasteiger partial charge in [-0.15, -0.1) is 0 Å². The molecule has 0 aromatic rings. The number of nitrogens with zero attached hydrogens (tertiary/aromatic N) is 1. The zero-order valence-electron chi connectivity index (χ0n) is 5.17. The zero-order chi connectivity index (χ0) is 8.15. The number of aliphatic imine (C=N–C) groups is 1. The predicted octanol–water partition coefficient (Wildman–Crippen LogP) is 1.14. The first-order chi connectivity index (χ1) is 4.63. The Morgan fingerprint density at radius 2 is 2.20 bits per heavy atom. The van der Waals surface area contributed by atoms with Crippen LogP contribution < -0.4 is 0 Å². The zero-order valence-corrected chi connectivity index (χ0v) is 5.17. The van der Waals surface area contributed by atoms with E-state index >= 15 is 0 Å². The molecule has 0 spiro atoms. The second-order valence-electron chi connectivity index (χ2n) is 1.37. The van der Waals surface area contributed by atoms with Gasteiger partial charge in [0.1, 0.15) is 5.57 Å². The van der Waals surface area contributed by atoms with Crippen LogP contribution in [-0.4, -0.2) is 17.8 Å². The summed E-state index contributed by atoms with van der Waals surface area (Å²) in [5.74, 6) is -2.53. The van der Waals surface area contributed by atoms with Gasteiger partial charge in [-0.25, -0.2) is 9.79 Å². The van der Waals surface area contributed by atoms with Gasteiger partial charge in [-0.05, 0) is 6.72 Å². The van der Waals surface area contributed by atoms with Gasteiger partial charge in [0, 0.05) is 0 Å². The number of halogens is 1. The van der Waals surface area contributed by atoms with Crippen molar-refractivity contribution in [2.24, 2.45) is 4.99 Å². The summed E-state index contributed by atoms with van der Waals surface area (Å²) in [5.41, 5.74) is -0.574. The average molecular weight is 143 g/mol. The molecule has 0 saturated carbocycles. The van der Waals surface area contributed by atoms with E-state index in [1.807, 2.05) is 0 Å². The van der Waals surface area contributed by atoms with Gasteiger partial charge < -0.3 is 5.11 Å². The van der Waals surface area contributed by atoms with Crippen LogP contribution in [0.3, 0.4) is 0 Å². The molecule has 54 valence electrons. The third-order valence-corrected chi connectivity index (χ3v) is 0.796. The van der Waals surface area contributed by atoms with Crippen molar-refractivity contribution >= 4 is 12.7 Å².